The summed E-state index contributed by atoms with van der Waals surface area (Å²) in [6.45, 7) is 1.21. The summed E-state index contributed by atoms with van der Waals surface area (Å²) in [4.78, 5) is 4.44. The quantitative estimate of drug-likeness (QED) is 0.716. The second-order valence-corrected chi connectivity index (χ2v) is 4.71. The molecule has 2 aromatic heterocycles. The molecule has 0 radical (unpaired) electrons. The van der Waals surface area contributed by atoms with Crippen LogP contribution in [0.5, 0.6) is 0 Å². The predicted molar refractivity (Wildman–Crippen MR) is 81.0 cm³/mol. The number of aromatic nitrogens is 3. The topological polar surface area (TPSA) is 89.9 Å². The van der Waals surface area contributed by atoms with Gasteiger partial charge in [-0.25, -0.2) is 0 Å². The Hall–Kier alpha value is -2.47. The molecule has 0 aliphatic rings. The van der Waals surface area contributed by atoms with Gasteiger partial charge >= 0.3 is 6.01 Å². The Morgan fingerprint density at radius 2 is 2.00 bits per heavy atom. The zero-order valence-corrected chi connectivity index (χ0v) is 11.6. The molecule has 0 bridgehead atoms. The maximum absolute atomic E-state index is 5.44. The van der Waals surface area contributed by atoms with E-state index in [4.69, 9.17) is 10.2 Å². The molecule has 0 atom stereocenters. The molecule has 3 N–H and O–H groups in total. The lowest BCUT2D eigenvalue weighted by molar-refractivity contribution is 0.506. The van der Waals surface area contributed by atoms with Crippen LogP contribution in [-0.2, 0) is 12.8 Å². The van der Waals surface area contributed by atoms with Crippen LogP contribution in [0.4, 0.5) is 6.01 Å². The van der Waals surface area contributed by atoms with E-state index in [0.29, 0.717) is 31.4 Å². The number of para-hydroxylation sites is 1. The maximum atomic E-state index is 5.44. The number of rotatable bonds is 6. The molecular weight excluding hydrogens is 266 g/mol. The highest BCUT2D eigenvalue weighted by molar-refractivity contribution is 5.81. The monoisotopic (exact) mass is 283 g/mol. The molecule has 6 nitrogen and oxygen atoms in total. The van der Waals surface area contributed by atoms with Crippen LogP contribution in [0.3, 0.4) is 0 Å². The molecule has 2 heterocycles. The summed E-state index contributed by atoms with van der Waals surface area (Å²) < 4.78 is 5.42. The van der Waals surface area contributed by atoms with Crippen LogP contribution in [0.25, 0.3) is 10.9 Å². The number of anilines is 1. The number of nitrogens with zero attached hydrogens (tertiary/aromatic N) is 3. The van der Waals surface area contributed by atoms with E-state index in [9.17, 15) is 0 Å². The van der Waals surface area contributed by atoms with Crippen LogP contribution >= 0.6 is 0 Å². The normalized spacial score (nSPS) is 10.9. The van der Waals surface area contributed by atoms with Crippen molar-refractivity contribution in [2.75, 3.05) is 18.4 Å². The molecule has 0 saturated carbocycles. The summed E-state index contributed by atoms with van der Waals surface area (Å²) in [6.07, 6.45) is 3.25. The zero-order chi connectivity index (χ0) is 14.5. The lowest BCUT2D eigenvalue weighted by Crippen LogP contribution is -2.05. The standard InChI is InChI=1S/C15H17N5O/c16-8-6-13-19-20-15(21-13)18-10-7-12-4-1-3-11-5-2-9-17-14(11)12/h1-5,9H,6-8,10,16H2,(H,18,20). The van der Waals surface area contributed by atoms with Gasteiger partial charge in [-0.15, -0.1) is 5.10 Å². The Morgan fingerprint density at radius 1 is 1.10 bits per heavy atom. The Morgan fingerprint density at radius 3 is 2.90 bits per heavy atom. The summed E-state index contributed by atoms with van der Waals surface area (Å²) in [7, 11) is 0. The van der Waals surface area contributed by atoms with Gasteiger partial charge in [-0.05, 0) is 18.1 Å². The SMILES string of the molecule is NCCc1nnc(NCCc2cccc3cccnc23)o1. The van der Waals surface area contributed by atoms with E-state index in [1.54, 1.807) is 0 Å². The van der Waals surface area contributed by atoms with E-state index in [2.05, 4.69) is 38.7 Å². The Labute approximate surface area is 122 Å². The molecule has 0 amide bonds. The fourth-order valence-corrected chi connectivity index (χ4v) is 2.22. The van der Waals surface area contributed by atoms with E-state index in [1.807, 2.05) is 18.3 Å². The van der Waals surface area contributed by atoms with E-state index in [0.717, 1.165) is 17.3 Å². The second-order valence-electron chi connectivity index (χ2n) is 4.71. The number of benzene rings is 1. The predicted octanol–water partition coefficient (Wildman–Crippen LogP) is 1.77. The molecule has 21 heavy (non-hydrogen) atoms. The zero-order valence-electron chi connectivity index (χ0n) is 11.6. The lowest BCUT2D eigenvalue weighted by Gasteiger charge is -2.05. The summed E-state index contributed by atoms with van der Waals surface area (Å²) in [6, 6.07) is 10.6. The molecule has 6 heteroatoms. The van der Waals surface area contributed by atoms with Gasteiger partial charge in [0.05, 0.1) is 5.52 Å². The van der Waals surface area contributed by atoms with Gasteiger partial charge in [-0.1, -0.05) is 29.4 Å². The highest BCUT2D eigenvalue weighted by Gasteiger charge is 2.05. The molecule has 3 rings (SSSR count). The number of nitrogens with one attached hydrogen (secondary N) is 1. The van der Waals surface area contributed by atoms with Crippen molar-refractivity contribution in [3.63, 3.8) is 0 Å². The van der Waals surface area contributed by atoms with E-state index >= 15 is 0 Å². The fourth-order valence-electron chi connectivity index (χ4n) is 2.22. The van der Waals surface area contributed by atoms with E-state index < -0.39 is 0 Å². The second kappa shape index (κ2) is 6.32. The molecule has 0 unspecified atom stereocenters. The number of hydrogen-bond acceptors (Lipinski definition) is 6. The van der Waals surface area contributed by atoms with Crippen molar-refractivity contribution < 1.29 is 4.42 Å². The molecular formula is C15H17N5O. The van der Waals surface area contributed by atoms with Crippen molar-refractivity contribution in [2.45, 2.75) is 12.8 Å². The highest BCUT2D eigenvalue weighted by atomic mass is 16.4. The number of hydrogen-bond donors (Lipinski definition) is 2. The van der Waals surface area contributed by atoms with Gasteiger partial charge in [0.15, 0.2) is 0 Å². The largest absolute Gasteiger partial charge is 0.408 e. The lowest BCUT2D eigenvalue weighted by atomic mass is 10.1. The first kappa shape index (κ1) is 13.5. The van der Waals surface area contributed by atoms with Gasteiger partial charge in [0.2, 0.25) is 5.89 Å². The summed E-state index contributed by atoms with van der Waals surface area (Å²) in [5.74, 6) is 0.562. The van der Waals surface area contributed by atoms with Gasteiger partial charge in [0.1, 0.15) is 0 Å². The van der Waals surface area contributed by atoms with Gasteiger partial charge in [-0.3, -0.25) is 4.98 Å². The number of nitrogens with two attached hydrogens (primary N) is 1. The number of pyridine rings is 1. The first-order valence-electron chi connectivity index (χ1n) is 6.96. The molecule has 1 aromatic carbocycles. The first-order chi connectivity index (χ1) is 10.4. The molecule has 0 fully saturated rings. The Balaban J connectivity index is 1.63. The van der Waals surface area contributed by atoms with Crippen LogP contribution < -0.4 is 11.1 Å². The summed E-state index contributed by atoms with van der Waals surface area (Å²) >= 11 is 0. The maximum Gasteiger partial charge on any atom is 0.315 e. The van der Waals surface area contributed by atoms with Crippen molar-refractivity contribution in [1.82, 2.24) is 15.2 Å². The van der Waals surface area contributed by atoms with Gasteiger partial charge in [0.25, 0.3) is 0 Å². The third kappa shape index (κ3) is 3.17. The van der Waals surface area contributed by atoms with Crippen LogP contribution in [0.15, 0.2) is 40.9 Å². The first-order valence-corrected chi connectivity index (χ1v) is 6.96. The van der Waals surface area contributed by atoms with Crippen LogP contribution in [0.2, 0.25) is 0 Å². The molecule has 0 spiro atoms. The smallest absolute Gasteiger partial charge is 0.315 e. The Kier molecular flexibility index (Phi) is 4.07. The van der Waals surface area contributed by atoms with E-state index in [-0.39, 0.29) is 0 Å². The summed E-state index contributed by atoms with van der Waals surface area (Å²) in [5.41, 5.74) is 7.68. The minimum Gasteiger partial charge on any atom is -0.408 e. The van der Waals surface area contributed by atoms with Crippen LogP contribution in [0, 0.1) is 0 Å². The van der Waals surface area contributed by atoms with Gasteiger partial charge in [0, 0.05) is 31.1 Å². The van der Waals surface area contributed by atoms with Crippen molar-refractivity contribution in [1.29, 1.82) is 0 Å². The molecule has 0 saturated heterocycles. The van der Waals surface area contributed by atoms with Crippen LogP contribution in [-0.4, -0.2) is 28.3 Å². The third-order valence-electron chi connectivity index (χ3n) is 3.21. The fraction of sp³-hybridized carbons (Fsp3) is 0.267. The van der Waals surface area contributed by atoms with Crippen molar-refractivity contribution in [2.24, 2.45) is 5.73 Å². The van der Waals surface area contributed by atoms with Crippen molar-refractivity contribution >= 4 is 16.9 Å². The van der Waals surface area contributed by atoms with Crippen LogP contribution in [0.1, 0.15) is 11.5 Å². The summed E-state index contributed by atoms with van der Waals surface area (Å²) in [5, 5.41) is 12.1. The average molecular weight is 283 g/mol. The minimum absolute atomic E-state index is 0.437. The number of fused-ring (bicyclic) bond motifs is 1. The third-order valence-corrected chi connectivity index (χ3v) is 3.21. The minimum atomic E-state index is 0.437. The molecule has 0 aliphatic carbocycles. The molecule has 108 valence electrons. The Bertz CT molecular complexity index is 719. The van der Waals surface area contributed by atoms with Gasteiger partial charge < -0.3 is 15.5 Å². The highest BCUT2D eigenvalue weighted by Crippen LogP contribution is 2.16. The van der Waals surface area contributed by atoms with Gasteiger partial charge in [-0.2, -0.15) is 0 Å². The van der Waals surface area contributed by atoms with Crippen molar-refractivity contribution in [3.8, 4) is 0 Å². The molecule has 0 aliphatic heterocycles. The molecule has 3 aromatic rings. The van der Waals surface area contributed by atoms with Crippen molar-refractivity contribution in [3.05, 3.63) is 48.0 Å². The van der Waals surface area contributed by atoms with E-state index in [1.165, 1.54) is 5.56 Å². The average Bonchev–Trinajstić information content (AvgIpc) is 2.96.